The van der Waals surface area contributed by atoms with E-state index in [9.17, 15) is 4.79 Å². The Morgan fingerprint density at radius 1 is 1.18 bits per heavy atom. The number of rotatable bonds is 3. The van der Waals surface area contributed by atoms with Crippen LogP contribution in [-0.2, 0) is 0 Å². The average molecular weight is 468 g/mol. The van der Waals surface area contributed by atoms with Gasteiger partial charge in [0, 0.05) is 67.7 Å². The second-order valence-electron chi connectivity index (χ2n) is 8.29. The molecular weight excluding hydrogens is 441 g/mol. The van der Waals surface area contributed by atoms with Crippen molar-refractivity contribution in [2.75, 3.05) is 50.4 Å². The van der Waals surface area contributed by atoms with Gasteiger partial charge >= 0.3 is 6.09 Å². The number of nitrogens with one attached hydrogen (secondary N) is 4. The van der Waals surface area contributed by atoms with Gasteiger partial charge in [0.1, 0.15) is 12.3 Å². The highest BCUT2D eigenvalue weighted by atomic mass is 19.1. The van der Waals surface area contributed by atoms with Crippen molar-refractivity contribution in [3.63, 3.8) is 0 Å². The zero-order chi connectivity index (χ0) is 23.7. The third kappa shape index (κ3) is 4.27. The summed E-state index contributed by atoms with van der Waals surface area (Å²) in [6, 6.07) is 3.12. The Kier molecular flexibility index (Phi) is 6.03. The zero-order valence-electron chi connectivity index (χ0n) is 18.7. The van der Waals surface area contributed by atoms with Gasteiger partial charge in [-0.2, -0.15) is 0 Å². The van der Waals surface area contributed by atoms with Crippen molar-refractivity contribution in [3.05, 3.63) is 35.9 Å². The number of aromatic nitrogens is 2. The molecule has 5 rings (SSSR count). The van der Waals surface area contributed by atoms with E-state index in [4.69, 9.17) is 15.2 Å². The summed E-state index contributed by atoms with van der Waals surface area (Å²) in [5.74, 6) is 0.0224. The summed E-state index contributed by atoms with van der Waals surface area (Å²) < 4.78 is 26.3. The molecule has 0 unspecified atom stereocenters. The van der Waals surface area contributed by atoms with Crippen LogP contribution >= 0.6 is 0 Å². The molecule has 1 saturated heterocycles. The van der Waals surface area contributed by atoms with Crippen molar-refractivity contribution < 1.29 is 18.7 Å². The summed E-state index contributed by atoms with van der Waals surface area (Å²) in [7, 11) is 0. The van der Waals surface area contributed by atoms with E-state index in [1.165, 1.54) is 6.20 Å². The smallest absolute Gasteiger partial charge is 0.414 e. The lowest BCUT2D eigenvalue weighted by atomic mass is 9.97. The fourth-order valence-corrected chi connectivity index (χ4v) is 4.22. The number of hydrogen-bond acceptors (Lipinski definition) is 9. The summed E-state index contributed by atoms with van der Waals surface area (Å²) in [4.78, 5) is 20.9. The van der Waals surface area contributed by atoms with Gasteiger partial charge in [0.25, 0.3) is 0 Å². The van der Waals surface area contributed by atoms with Gasteiger partial charge in [-0.15, -0.1) is 0 Å². The summed E-state index contributed by atoms with van der Waals surface area (Å²) in [5.41, 5.74) is 8.51. The molecule has 10 nitrogen and oxygen atoms in total. The van der Waals surface area contributed by atoms with Gasteiger partial charge in [-0.05, 0) is 23.9 Å². The van der Waals surface area contributed by atoms with Gasteiger partial charge in [-0.1, -0.05) is 0 Å². The molecule has 4 heterocycles. The van der Waals surface area contributed by atoms with Crippen LogP contribution < -0.4 is 36.5 Å². The van der Waals surface area contributed by atoms with E-state index in [1.54, 1.807) is 18.3 Å². The minimum Gasteiger partial charge on any atom is -0.474 e. The molecule has 2 aromatic heterocycles. The van der Waals surface area contributed by atoms with Crippen LogP contribution in [0, 0.1) is 12.7 Å². The van der Waals surface area contributed by atoms with Gasteiger partial charge < -0.3 is 36.5 Å². The van der Waals surface area contributed by atoms with Gasteiger partial charge in [0.05, 0.1) is 11.7 Å². The first-order valence-corrected chi connectivity index (χ1v) is 11.2. The summed E-state index contributed by atoms with van der Waals surface area (Å²) >= 11 is 0. The Bertz CT molecular complexity index is 1250. The van der Waals surface area contributed by atoms with E-state index in [1.807, 2.05) is 6.92 Å². The molecule has 0 atom stereocenters. The molecule has 0 aliphatic carbocycles. The zero-order valence-corrected chi connectivity index (χ0v) is 18.7. The third-order valence-corrected chi connectivity index (χ3v) is 5.99. The van der Waals surface area contributed by atoms with E-state index in [0.717, 1.165) is 24.3 Å². The topological polar surface area (TPSA) is 135 Å². The van der Waals surface area contributed by atoms with Crippen molar-refractivity contribution in [1.29, 1.82) is 0 Å². The molecule has 1 fully saturated rings. The van der Waals surface area contributed by atoms with Crippen molar-refractivity contribution in [1.82, 2.24) is 25.9 Å². The normalized spacial score (nSPS) is 16.2. The van der Waals surface area contributed by atoms with E-state index >= 15 is 4.39 Å². The molecule has 0 saturated carbocycles. The van der Waals surface area contributed by atoms with Gasteiger partial charge in [-0.25, -0.2) is 19.2 Å². The van der Waals surface area contributed by atoms with Crippen LogP contribution in [-0.4, -0.2) is 61.4 Å². The van der Waals surface area contributed by atoms with E-state index < -0.39 is 11.9 Å². The van der Waals surface area contributed by atoms with Gasteiger partial charge in [0.15, 0.2) is 5.82 Å². The largest absolute Gasteiger partial charge is 0.474 e. The van der Waals surface area contributed by atoms with Crippen LogP contribution in [0.15, 0.2) is 24.5 Å². The molecule has 0 spiro atoms. The molecular formula is C23H26FN7O3. The SMILES string of the molecule is Cc1c(-c2cc3cc(OC(=O)NC4CNCCNC4)ncc3c(N)c2F)cnc2c1NCCO2. The molecule has 34 heavy (non-hydrogen) atoms. The second-order valence-corrected chi connectivity index (χ2v) is 8.29. The van der Waals surface area contributed by atoms with E-state index in [-0.39, 0.29) is 17.6 Å². The lowest BCUT2D eigenvalue weighted by Gasteiger charge is -2.22. The van der Waals surface area contributed by atoms with Crippen molar-refractivity contribution in [3.8, 4) is 22.9 Å². The predicted molar refractivity (Wildman–Crippen MR) is 127 cm³/mol. The van der Waals surface area contributed by atoms with Crippen LogP contribution in [0.2, 0.25) is 0 Å². The van der Waals surface area contributed by atoms with Gasteiger partial charge in [-0.3, -0.25) is 0 Å². The monoisotopic (exact) mass is 467 g/mol. The summed E-state index contributed by atoms with van der Waals surface area (Å²) in [5, 5.41) is 13.5. The second kappa shape index (κ2) is 9.27. The number of benzene rings is 1. The maximum atomic E-state index is 15.3. The molecule has 11 heteroatoms. The molecule has 0 bridgehead atoms. The lowest BCUT2D eigenvalue weighted by Crippen LogP contribution is -2.46. The van der Waals surface area contributed by atoms with Crippen LogP contribution in [0.5, 0.6) is 11.8 Å². The molecule has 2 aliphatic heterocycles. The first-order chi connectivity index (χ1) is 16.5. The number of nitrogens with two attached hydrogens (primary N) is 1. The van der Waals surface area contributed by atoms with E-state index in [2.05, 4.69) is 31.2 Å². The number of nitrogens with zero attached hydrogens (tertiary/aromatic N) is 2. The number of hydrogen-bond donors (Lipinski definition) is 5. The maximum absolute atomic E-state index is 15.3. The number of nitrogen functional groups attached to an aromatic ring is 1. The van der Waals surface area contributed by atoms with Crippen LogP contribution in [0.1, 0.15) is 5.56 Å². The Morgan fingerprint density at radius 3 is 2.76 bits per heavy atom. The Hall–Kier alpha value is -3.70. The number of amides is 1. The first-order valence-electron chi connectivity index (χ1n) is 11.2. The maximum Gasteiger partial charge on any atom is 0.414 e. The van der Waals surface area contributed by atoms with Crippen molar-refractivity contribution in [2.24, 2.45) is 0 Å². The highest BCUT2D eigenvalue weighted by Gasteiger charge is 2.22. The minimum absolute atomic E-state index is 0.0343. The quantitative estimate of drug-likeness (QED) is 0.365. The molecule has 2 aliphatic rings. The van der Waals surface area contributed by atoms with Crippen LogP contribution in [0.3, 0.4) is 0 Å². The summed E-state index contributed by atoms with van der Waals surface area (Å²) in [6.45, 7) is 5.99. The number of pyridine rings is 2. The Morgan fingerprint density at radius 2 is 1.97 bits per heavy atom. The molecule has 0 radical (unpaired) electrons. The fourth-order valence-electron chi connectivity index (χ4n) is 4.22. The molecule has 6 N–H and O–H groups in total. The number of anilines is 2. The number of carbonyl (C=O) groups excluding carboxylic acids is 1. The first kappa shape index (κ1) is 22.1. The third-order valence-electron chi connectivity index (χ3n) is 5.99. The molecule has 1 amide bonds. The van der Waals surface area contributed by atoms with Crippen LogP contribution in [0.25, 0.3) is 21.9 Å². The highest BCUT2D eigenvalue weighted by molar-refractivity contribution is 5.98. The lowest BCUT2D eigenvalue weighted by molar-refractivity contribution is 0.194. The number of carbonyl (C=O) groups is 1. The summed E-state index contributed by atoms with van der Waals surface area (Å²) in [6.07, 6.45) is 2.37. The Labute approximate surface area is 195 Å². The average Bonchev–Trinajstić information content (AvgIpc) is 3.10. The number of ether oxygens (including phenoxy) is 2. The minimum atomic E-state index is -0.613. The van der Waals surface area contributed by atoms with Crippen molar-refractivity contribution in [2.45, 2.75) is 13.0 Å². The Balaban J connectivity index is 1.45. The molecule has 178 valence electrons. The highest BCUT2D eigenvalue weighted by Crippen LogP contribution is 2.39. The number of fused-ring (bicyclic) bond motifs is 2. The fraction of sp³-hybridized carbons (Fsp3) is 0.348. The molecule has 3 aromatic rings. The number of halogens is 1. The predicted octanol–water partition coefficient (Wildman–Crippen LogP) is 1.78. The standard InChI is InChI=1S/C23H26FN7O3/c1-12-16(10-30-22-21(12)28-4-5-33-22)15-6-13-7-18(29-11-17(13)20(25)19(15)24)34-23(32)31-14-8-26-2-3-27-9-14/h6-7,10-11,14,26-28H,2-5,8-9,25H2,1H3,(H,31,32). The van der Waals surface area contributed by atoms with Crippen molar-refractivity contribution >= 4 is 28.2 Å². The van der Waals surface area contributed by atoms with Gasteiger partial charge in [0.2, 0.25) is 11.8 Å². The van der Waals surface area contributed by atoms with E-state index in [0.29, 0.717) is 54.0 Å². The molecule has 1 aromatic carbocycles. The van der Waals surface area contributed by atoms with Crippen LogP contribution in [0.4, 0.5) is 20.6 Å².